The Kier molecular flexibility index (Phi) is 4.30. The van der Waals surface area contributed by atoms with Crippen molar-refractivity contribution in [1.82, 2.24) is 14.9 Å². The molecule has 1 atom stereocenters. The fraction of sp³-hybridized carbons (Fsp3) is 0.211. The van der Waals surface area contributed by atoms with Gasteiger partial charge in [0, 0.05) is 34.9 Å². The van der Waals surface area contributed by atoms with Crippen molar-refractivity contribution in [3.05, 3.63) is 64.1 Å². The first-order valence-corrected chi connectivity index (χ1v) is 9.25. The molecule has 1 aliphatic rings. The lowest BCUT2D eigenvalue weighted by Gasteiger charge is -2.24. The summed E-state index contributed by atoms with van der Waals surface area (Å²) >= 11 is 1.37. The van der Waals surface area contributed by atoms with E-state index in [0.717, 1.165) is 29.1 Å². The van der Waals surface area contributed by atoms with Gasteiger partial charge in [-0.05, 0) is 37.1 Å². The largest absolute Gasteiger partial charge is 0.365 e. The van der Waals surface area contributed by atoms with Gasteiger partial charge < -0.3 is 15.6 Å². The smallest absolute Gasteiger partial charge is 0.258 e. The van der Waals surface area contributed by atoms with Gasteiger partial charge in [-0.2, -0.15) is 0 Å². The van der Waals surface area contributed by atoms with Gasteiger partial charge in [-0.3, -0.25) is 9.59 Å². The Balaban J connectivity index is 1.60. The minimum absolute atomic E-state index is 0.00469. The molecule has 1 aromatic carbocycles. The highest BCUT2D eigenvalue weighted by atomic mass is 32.1. The average Bonchev–Trinajstić information content (AvgIpc) is 3.41. The van der Waals surface area contributed by atoms with Gasteiger partial charge in [-0.15, -0.1) is 11.3 Å². The first kappa shape index (κ1) is 16.5. The molecular formula is C19H18N4O2S. The number of aromatic amines is 1. The minimum atomic E-state index is -0.428. The fourth-order valence-corrected chi connectivity index (χ4v) is 4.37. The zero-order valence-corrected chi connectivity index (χ0v) is 14.8. The molecule has 2 amide bonds. The summed E-state index contributed by atoms with van der Waals surface area (Å²) in [7, 11) is 0. The Morgan fingerprint density at radius 2 is 2.15 bits per heavy atom. The summed E-state index contributed by atoms with van der Waals surface area (Å²) in [4.78, 5) is 35.2. The molecular weight excluding hydrogens is 348 g/mol. The number of primary amides is 1. The van der Waals surface area contributed by atoms with Crippen LogP contribution in [0.4, 0.5) is 0 Å². The second kappa shape index (κ2) is 6.76. The summed E-state index contributed by atoms with van der Waals surface area (Å²) in [5.74, 6) is 0.306. The van der Waals surface area contributed by atoms with E-state index in [4.69, 9.17) is 5.73 Å². The van der Waals surface area contributed by atoms with E-state index in [2.05, 4.69) is 9.97 Å². The lowest BCUT2D eigenvalue weighted by molar-refractivity contribution is 0.0737. The normalized spacial score (nSPS) is 16.8. The Morgan fingerprint density at radius 1 is 1.27 bits per heavy atom. The van der Waals surface area contributed by atoms with Crippen LogP contribution in [0.5, 0.6) is 0 Å². The number of likely N-dealkylation sites (tertiary alicyclic amines) is 1. The van der Waals surface area contributed by atoms with Crippen LogP contribution in [-0.2, 0) is 0 Å². The number of hydrogen-bond donors (Lipinski definition) is 2. The maximum absolute atomic E-state index is 13.1. The van der Waals surface area contributed by atoms with E-state index in [0.29, 0.717) is 17.0 Å². The molecule has 7 heteroatoms. The van der Waals surface area contributed by atoms with E-state index in [1.54, 1.807) is 18.5 Å². The zero-order chi connectivity index (χ0) is 18.1. The predicted octanol–water partition coefficient (Wildman–Crippen LogP) is 3.21. The molecule has 26 heavy (non-hydrogen) atoms. The third-order valence-corrected chi connectivity index (χ3v) is 5.79. The number of nitrogens with one attached hydrogen (secondary N) is 1. The number of nitrogens with two attached hydrogens (primary N) is 1. The van der Waals surface area contributed by atoms with Crippen molar-refractivity contribution in [2.45, 2.75) is 18.9 Å². The summed E-state index contributed by atoms with van der Waals surface area (Å²) in [6.07, 6.45) is 5.28. The van der Waals surface area contributed by atoms with Gasteiger partial charge in [0.2, 0.25) is 0 Å². The number of hydrogen-bond acceptors (Lipinski definition) is 4. The van der Waals surface area contributed by atoms with Crippen molar-refractivity contribution in [2.75, 3.05) is 6.54 Å². The summed E-state index contributed by atoms with van der Waals surface area (Å²) < 4.78 is 0. The van der Waals surface area contributed by atoms with Crippen molar-refractivity contribution < 1.29 is 9.59 Å². The maximum atomic E-state index is 13.1. The van der Waals surface area contributed by atoms with Gasteiger partial charge in [-0.1, -0.05) is 12.1 Å². The molecule has 6 nitrogen and oxygen atoms in total. The third-order valence-electron chi connectivity index (χ3n) is 4.59. The first-order valence-electron chi connectivity index (χ1n) is 8.44. The standard InChI is InChI=1S/C19H18N4O2S/c20-17(24)16-7-6-15(26-16)14-5-2-10-23(14)19(25)13-4-1-3-12(11-13)18-21-8-9-22-18/h1,3-4,6-9,11,14H,2,5,10H2,(H2,20,24)(H,21,22). The first-order chi connectivity index (χ1) is 12.6. The Labute approximate surface area is 154 Å². The molecule has 1 aliphatic heterocycles. The van der Waals surface area contributed by atoms with E-state index >= 15 is 0 Å². The minimum Gasteiger partial charge on any atom is -0.365 e. The van der Waals surface area contributed by atoms with Crippen LogP contribution in [0.25, 0.3) is 11.4 Å². The van der Waals surface area contributed by atoms with Gasteiger partial charge in [0.15, 0.2) is 0 Å². The zero-order valence-electron chi connectivity index (χ0n) is 14.0. The Hall–Kier alpha value is -2.93. The Bertz CT molecular complexity index is 948. The van der Waals surface area contributed by atoms with Crippen molar-refractivity contribution in [3.8, 4) is 11.4 Å². The highest BCUT2D eigenvalue weighted by Gasteiger charge is 2.32. The lowest BCUT2D eigenvalue weighted by atomic mass is 10.1. The van der Waals surface area contributed by atoms with Crippen molar-refractivity contribution in [2.24, 2.45) is 5.73 Å². The van der Waals surface area contributed by atoms with Gasteiger partial charge in [0.1, 0.15) is 5.82 Å². The molecule has 132 valence electrons. The molecule has 2 aromatic heterocycles. The van der Waals surface area contributed by atoms with Crippen LogP contribution >= 0.6 is 11.3 Å². The summed E-state index contributed by atoms with van der Waals surface area (Å²) in [5.41, 5.74) is 6.87. The predicted molar refractivity (Wildman–Crippen MR) is 99.9 cm³/mol. The number of thiophene rings is 1. The van der Waals surface area contributed by atoms with Gasteiger partial charge in [-0.25, -0.2) is 4.98 Å². The lowest BCUT2D eigenvalue weighted by Crippen LogP contribution is -2.30. The molecule has 4 rings (SSSR count). The number of nitrogens with zero attached hydrogens (tertiary/aromatic N) is 2. The Morgan fingerprint density at radius 3 is 2.88 bits per heavy atom. The van der Waals surface area contributed by atoms with Gasteiger partial charge in [0.25, 0.3) is 11.8 Å². The van der Waals surface area contributed by atoms with Crippen LogP contribution in [-0.4, -0.2) is 33.2 Å². The quantitative estimate of drug-likeness (QED) is 0.742. The maximum Gasteiger partial charge on any atom is 0.258 e. The number of carbonyl (C=O) groups excluding carboxylic acids is 2. The monoisotopic (exact) mass is 366 g/mol. The number of rotatable bonds is 4. The molecule has 0 saturated carbocycles. The molecule has 3 heterocycles. The second-order valence-corrected chi connectivity index (χ2v) is 7.36. The molecule has 3 N–H and O–H groups in total. The van der Waals surface area contributed by atoms with Crippen LogP contribution in [0.15, 0.2) is 48.8 Å². The van der Waals surface area contributed by atoms with E-state index in [-0.39, 0.29) is 11.9 Å². The van der Waals surface area contributed by atoms with Crippen LogP contribution in [0.1, 0.15) is 43.8 Å². The number of imidazole rings is 1. The van der Waals surface area contributed by atoms with Crippen molar-refractivity contribution >= 4 is 23.2 Å². The van der Waals surface area contributed by atoms with Gasteiger partial charge in [0.05, 0.1) is 10.9 Å². The second-order valence-electron chi connectivity index (χ2n) is 6.24. The topological polar surface area (TPSA) is 92.1 Å². The van der Waals surface area contributed by atoms with Crippen molar-refractivity contribution in [3.63, 3.8) is 0 Å². The van der Waals surface area contributed by atoms with Gasteiger partial charge >= 0.3 is 0 Å². The van der Waals surface area contributed by atoms with E-state index in [1.807, 2.05) is 35.2 Å². The van der Waals surface area contributed by atoms with E-state index in [9.17, 15) is 9.59 Å². The average molecular weight is 366 g/mol. The molecule has 1 saturated heterocycles. The third kappa shape index (κ3) is 3.01. The summed E-state index contributed by atoms with van der Waals surface area (Å²) in [5, 5.41) is 0. The van der Waals surface area contributed by atoms with E-state index < -0.39 is 5.91 Å². The van der Waals surface area contributed by atoms with Crippen LogP contribution in [0.3, 0.4) is 0 Å². The molecule has 3 aromatic rings. The van der Waals surface area contributed by atoms with Crippen molar-refractivity contribution in [1.29, 1.82) is 0 Å². The molecule has 0 spiro atoms. The molecule has 1 fully saturated rings. The fourth-order valence-electron chi connectivity index (χ4n) is 3.36. The van der Waals surface area contributed by atoms with Crippen LogP contribution < -0.4 is 5.73 Å². The number of aromatic nitrogens is 2. The summed E-state index contributed by atoms with van der Waals surface area (Å²) in [6, 6.07) is 11.1. The molecule has 0 aliphatic carbocycles. The number of benzene rings is 1. The highest BCUT2D eigenvalue weighted by Crippen LogP contribution is 2.37. The number of amides is 2. The SMILES string of the molecule is NC(=O)c1ccc(C2CCCN2C(=O)c2cccc(-c3ncc[nH]3)c2)s1. The number of H-pyrrole nitrogens is 1. The van der Waals surface area contributed by atoms with Crippen LogP contribution in [0.2, 0.25) is 0 Å². The van der Waals surface area contributed by atoms with E-state index in [1.165, 1.54) is 11.3 Å². The van der Waals surface area contributed by atoms with Crippen LogP contribution in [0, 0.1) is 0 Å². The molecule has 1 unspecified atom stereocenters. The highest BCUT2D eigenvalue weighted by molar-refractivity contribution is 7.14. The number of carbonyl (C=O) groups is 2. The summed E-state index contributed by atoms with van der Waals surface area (Å²) in [6.45, 7) is 0.707. The molecule has 0 radical (unpaired) electrons. The molecule has 0 bridgehead atoms.